The molecule has 0 spiro atoms. The highest BCUT2D eigenvalue weighted by Crippen LogP contribution is 2.68. The standard InChI is InChI=1S/C34H28BrN3O5S2/c1-16-5-2-3-8-23(16)36-24(39)15-43-20-7-4-6-17(13-20)25-26-21-14-22(29(26)44-31-30(25)45-34(42)37-31)28-27(21)32(40)38(33(28)41)19-11-9-18(35)10-12-19/h2-13,21-22,25-29H,14-15H2,1H3,(H,36,39)(H,37,42)/t21?,22?,25-,26?,27?,28?,29?/m1/s1. The summed E-state index contributed by atoms with van der Waals surface area (Å²) in [6.45, 7) is 1.79. The average molecular weight is 703 g/mol. The summed E-state index contributed by atoms with van der Waals surface area (Å²) in [5.74, 6) is -0.682. The van der Waals surface area contributed by atoms with E-state index < -0.39 is 0 Å². The van der Waals surface area contributed by atoms with Crippen LogP contribution in [0.3, 0.4) is 0 Å². The molecule has 0 radical (unpaired) electrons. The molecule has 2 aliphatic carbocycles. The highest BCUT2D eigenvalue weighted by atomic mass is 79.9. The van der Waals surface area contributed by atoms with E-state index in [1.54, 1.807) is 11.8 Å². The third-order valence-corrected chi connectivity index (χ3v) is 12.9. The van der Waals surface area contributed by atoms with Crippen LogP contribution in [0.1, 0.15) is 28.3 Å². The third-order valence-electron chi connectivity index (χ3n) is 9.82. The van der Waals surface area contributed by atoms with Crippen molar-refractivity contribution in [3.8, 4) is 5.75 Å². The normalized spacial score (nSPS) is 27.7. The first-order valence-corrected chi connectivity index (χ1v) is 17.4. The Balaban J connectivity index is 1.09. The SMILES string of the molecule is Cc1ccccc1NC(=O)COc1cccc([C@H]2c3sc(=O)[nH]c3SC3C4CC(C5C(=O)N(c6ccc(Br)cc6)C(=O)C45)C32)c1. The predicted octanol–water partition coefficient (Wildman–Crippen LogP) is 6.20. The van der Waals surface area contributed by atoms with Crippen molar-refractivity contribution in [1.29, 1.82) is 0 Å². The summed E-state index contributed by atoms with van der Waals surface area (Å²) in [7, 11) is 0. The maximum atomic E-state index is 14.0. The van der Waals surface area contributed by atoms with E-state index >= 15 is 0 Å². The highest BCUT2D eigenvalue weighted by molar-refractivity contribution is 9.10. The summed E-state index contributed by atoms with van der Waals surface area (Å²) in [6, 6.07) is 22.6. The average Bonchev–Trinajstić information content (AvgIpc) is 3.77. The minimum absolute atomic E-state index is 0.00853. The van der Waals surface area contributed by atoms with Crippen LogP contribution in [0.25, 0.3) is 0 Å². The number of para-hydroxylation sites is 1. The maximum Gasteiger partial charge on any atom is 0.305 e. The van der Waals surface area contributed by atoms with Gasteiger partial charge in [-0.3, -0.25) is 24.1 Å². The molecule has 228 valence electrons. The molecule has 2 bridgehead atoms. The number of H-pyrrole nitrogens is 1. The number of rotatable bonds is 6. The largest absolute Gasteiger partial charge is 0.484 e. The lowest BCUT2D eigenvalue weighted by Gasteiger charge is -2.43. The molecule has 6 unspecified atom stereocenters. The zero-order chi connectivity index (χ0) is 31.0. The summed E-state index contributed by atoms with van der Waals surface area (Å²) >= 11 is 6.32. The van der Waals surface area contributed by atoms with Crippen LogP contribution in [-0.4, -0.2) is 34.6 Å². The van der Waals surface area contributed by atoms with E-state index in [1.165, 1.54) is 16.2 Å². The number of fused-ring (bicyclic) bond motifs is 9. The van der Waals surface area contributed by atoms with Crippen molar-refractivity contribution in [1.82, 2.24) is 4.98 Å². The Kier molecular flexibility index (Phi) is 7.03. The van der Waals surface area contributed by atoms with Crippen LogP contribution in [0.4, 0.5) is 11.4 Å². The fourth-order valence-electron chi connectivity index (χ4n) is 8.08. The van der Waals surface area contributed by atoms with Crippen molar-refractivity contribution in [3.63, 3.8) is 0 Å². The van der Waals surface area contributed by atoms with Gasteiger partial charge in [0, 0.05) is 26.2 Å². The molecule has 8 nitrogen and oxygen atoms in total. The molecule has 1 saturated heterocycles. The first-order valence-electron chi connectivity index (χ1n) is 14.9. The Morgan fingerprint density at radius 2 is 1.76 bits per heavy atom. The molecule has 11 heteroatoms. The quantitative estimate of drug-likeness (QED) is 0.232. The lowest BCUT2D eigenvalue weighted by molar-refractivity contribution is -0.123. The van der Waals surface area contributed by atoms with Crippen LogP contribution in [0, 0.1) is 36.5 Å². The number of hydrogen-bond donors (Lipinski definition) is 2. The van der Waals surface area contributed by atoms with E-state index in [-0.39, 0.29) is 70.0 Å². The van der Waals surface area contributed by atoms with Gasteiger partial charge in [0.15, 0.2) is 6.61 Å². The second kappa shape index (κ2) is 11.0. The van der Waals surface area contributed by atoms with E-state index in [0.29, 0.717) is 11.4 Å². The minimum Gasteiger partial charge on any atom is -0.484 e. The van der Waals surface area contributed by atoms with Gasteiger partial charge in [0.1, 0.15) is 5.75 Å². The molecule has 1 aromatic heterocycles. The summed E-state index contributed by atoms with van der Waals surface area (Å²) < 4.78 is 6.84. The number of aromatic nitrogens is 1. The Morgan fingerprint density at radius 3 is 2.53 bits per heavy atom. The van der Waals surface area contributed by atoms with E-state index in [4.69, 9.17) is 4.74 Å². The van der Waals surface area contributed by atoms with Crippen LogP contribution in [0.2, 0.25) is 0 Å². The van der Waals surface area contributed by atoms with Crippen molar-refractivity contribution < 1.29 is 19.1 Å². The fraction of sp³-hybridized carbons (Fsp3) is 0.294. The van der Waals surface area contributed by atoms with Gasteiger partial charge in [-0.25, -0.2) is 0 Å². The van der Waals surface area contributed by atoms with Crippen LogP contribution in [-0.2, 0) is 14.4 Å². The molecule has 45 heavy (non-hydrogen) atoms. The third kappa shape index (κ3) is 4.70. The molecule has 8 rings (SSSR count). The predicted molar refractivity (Wildman–Crippen MR) is 177 cm³/mol. The van der Waals surface area contributed by atoms with Crippen LogP contribution >= 0.6 is 39.0 Å². The highest BCUT2D eigenvalue weighted by Gasteiger charge is 2.69. The van der Waals surface area contributed by atoms with Gasteiger partial charge in [0.05, 0.1) is 22.5 Å². The number of hydrogen-bond acceptors (Lipinski definition) is 7. The van der Waals surface area contributed by atoms with Gasteiger partial charge in [-0.1, -0.05) is 57.6 Å². The van der Waals surface area contributed by atoms with Gasteiger partial charge in [0.2, 0.25) is 11.8 Å². The van der Waals surface area contributed by atoms with Gasteiger partial charge in [0.25, 0.3) is 5.91 Å². The lowest BCUT2D eigenvalue weighted by atomic mass is 9.68. The number of amides is 3. The molecular formula is C34H28BrN3O5S2. The number of carbonyl (C=O) groups excluding carboxylic acids is 3. The van der Waals surface area contributed by atoms with Gasteiger partial charge < -0.3 is 15.0 Å². The van der Waals surface area contributed by atoms with Crippen molar-refractivity contribution in [3.05, 3.63) is 103 Å². The first kappa shape index (κ1) is 28.8. The number of thioether (sulfide) groups is 1. The number of thiazole rings is 1. The number of nitrogens with zero attached hydrogens (tertiary/aromatic N) is 1. The molecule has 3 heterocycles. The van der Waals surface area contributed by atoms with Crippen LogP contribution in [0.15, 0.2) is 87.1 Å². The molecule has 3 amide bonds. The van der Waals surface area contributed by atoms with E-state index in [1.807, 2.05) is 79.7 Å². The van der Waals surface area contributed by atoms with Crippen molar-refractivity contribution >= 4 is 68.1 Å². The number of aromatic amines is 1. The monoisotopic (exact) mass is 701 g/mol. The number of benzene rings is 3. The molecule has 2 saturated carbocycles. The summed E-state index contributed by atoms with van der Waals surface area (Å²) in [5.41, 5.74) is 3.29. The zero-order valence-corrected chi connectivity index (χ0v) is 27.3. The van der Waals surface area contributed by atoms with Gasteiger partial charge in [-0.2, -0.15) is 0 Å². The van der Waals surface area contributed by atoms with Crippen molar-refractivity contribution in [2.75, 3.05) is 16.8 Å². The molecule has 4 aliphatic rings. The number of nitrogens with one attached hydrogen (secondary N) is 2. The van der Waals surface area contributed by atoms with Crippen LogP contribution in [0.5, 0.6) is 5.75 Å². The summed E-state index contributed by atoms with van der Waals surface area (Å²) in [5, 5.41) is 3.84. The first-order chi connectivity index (χ1) is 21.8. The Labute approximate surface area is 275 Å². The van der Waals surface area contributed by atoms with Gasteiger partial charge >= 0.3 is 4.87 Å². The second-order valence-electron chi connectivity index (χ2n) is 12.2. The number of imide groups is 1. The number of halogens is 1. The Bertz CT molecular complexity index is 1920. The summed E-state index contributed by atoms with van der Waals surface area (Å²) in [6.07, 6.45) is 0.814. The van der Waals surface area contributed by atoms with E-state index in [0.717, 1.165) is 37.6 Å². The van der Waals surface area contributed by atoms with E-state index in [2.05, 4.69) is 26.2 Å². The number of carbonyl (C=O) groups is 3. The van der Waals surface area contributed by atoms with Crippen LogP contribution < -0.4 is 19.8 Å². The lowest BCUT2D eigenvalue weighted by Crippen LogP contribution is -2.42. The zero-order valence-electron chi connectivity index (χ0n) is 24.1. The Hall–Kier alpha value is -3.67. The summed E-state index contributed by atoms with van der Waals surface area (Å²) in [4.78, 5) is 58.4. The molecular weight excluding hydrogens is 674 g/mol. The second-order valence-corrected chi connectivity index (χ2v) is 15.3. The van der Waals surface area contributed by atoms with Gasteiger partial charge in [-0.15, -0.1) is 11.8 Å². The van der Waals surface area contributed by atoms with Gasteiger partial charge in [-0.05, 0) is 84.7 Å². The topological polar surface area (TPSA) is 109 Å². The number of ether oxygens (including phenoxy) is 1. The maximum absolute atomic E-state index is 14.0. The molecule has 4 aromatic rings. The fourth-order valence-corrected chi connectivity index (χ4v) is 11.2. The smallest absolute Gasteiger partial charge is 0.305 e. The van der Waals surface area contributed by atoms with Crippen molar-refractivity contribution in [2.45, 2.75) is 29.5 Å². The number of anilines is 2. The molecule has 2 aliphatic heterocycles. The van der Waals surface area contributed by atoms with E-state index in [9.17, 15) is 19.2 Å². The molecule has 7 atom stereocenters. The van der Waals surface area contributed by atoms with Crippen molar-refractivity contribution in [2.24, 2.45) is 29.6 Å². The minimum atomic E-state index is -0.378. The number of aryl methyl sites for hydroxylation is 1. The molecule has 3 fully saturated rings. The molecule has 2 N–H and O–H groups in total. The Morgan fingerprint density at radius 1 is 1.00 bits per heavy atom. The molecule has 3 aromatic carbocycles.